The molecular formula is C12H16FNO2S. The summed E-state index contributed by atoms with van der Waals surface area (Å²) in [6.45, 7) is 3.47. The Labute approximate surface area is 101 Å². The van der Waals surface area contributed by atoms with Crippen LogP contribution in [0.4, 0.5) is 4.39 Å². The van der Waals surface area contributed by atoms with E-state index in [-0.39, 0.29) is 10.9 Å². The molecule has 0 aromatic heterocycles. The van der Waals surface area contributed by atoms with Crippen molar-refractivity contribution < 1.29 is 12.8 Å². The second kappa shape index (κ2) is 4.38. The number of hydrogen-bond donors (Lipinski definition) is 1. The van der Waals surface area contributed by atoms with Gasteiger partial charge in [-0.3, -0.25) is 0 Å². The van der Waals surface area contributed by atoms with Crippen LogP contribution in [0.5, 0.6) is 0 Å². The summed E-state index contributed by atoms with van der Waals surface area (Å²) < 4.78 is 39.7. The zero-order valence-electron chi connectivity index (χ0n) is 9.90. The molecule has 17 heavy (non-hydrogen) atoms. The van der Waals surface area contributed by atoms with E-state index in [0.29, 0.717) is 11.5 Å². The van der Waals surface area contributed by atoms with Gasteiger partial charge in [0.1, 0.15) is 5.82 Å². The monoisotopic (exact) mass is 257 g/mol. The maximum Gasteiger partial charge on any atom is 0.241 e. The molecule has 0 heterocycles. The Kier molecular flexibility index (Phi) is 3.23. The SMILES string of the molecule is Cc1cc(F)ccc1S(=O)(=O)NC(C)C1CC1. The normalized spacial score (nSPS) is 18.1. The summed E-state index contributed by atoms with van der Waals surface area (Å²) in [6, 6.07) is 3.66. The van der Waals surface area contributed by atoms with Crippen LogP contribution in [-0.4, -0.2) is 14.5 Å². The second-order valence-electron chi connectivity index (χ2n) is 4.66. The molecule has 0 spiro atoms. The van der Waals surface area contributed by atoms with Gasteiger partial charge in [-0.15, -0.1) is 0 Å². The number of sulfonamides is 1. The van der Waals surface area contributed by atoms with Crippen LogP contribution in [0, 0.1) is 18.7 Å². The molecule has 1 unspecified atom stereocenters. The predicted octanol–water partition coefficient (Wildman–Crippen LogP) is 2.21. The van der Waals surface area contributed by atoms with Crippen molar-refractivity contribution in [3.05, 3.63) is 29.6 Å². The maximum atomic E-state index is 12.9. The summed E-state index contributed by atoms with van der Waals surface area (Å²) in [6.07, 6.45) is 2.15. The lowest BCUT2D eigenvalue weighted by Gasteiger charge is -2.14. The Bertz CT molecular complexity index is 523. The molecule has 1 aromatic carbocycles. The van der Waals surface area contributed by atoms with E-state index < -0.39 is 15.8 Å². The third-order valence-electron chi connectivity index (χ3n) is 3.10. The molecule has 0 amide bonds. The van der Waals surface area contributed by atoms with Crippen molar-refractivity contribution >= 4 is 10.0 Å². The fourth-order valence-electron chi connectivity index (χ4n) is 1.91. The Hall–Kier alpha value is -0.940. The van der Waals surface area contributed by atoms with Crippen LogP contribution < -0.4 is 4.72 Å². The van der Waals surface area contributed by atoms with Gasteiger partial charge in [0.15, 0.2) is 0 Å². The smallest absolute Gasteiger partial charge is 0.208 e. The molecule has 1 aliphatic rings. The zero-order chi connectivity index (χ0) is 12.6. The standard InChI is InChI=1S/C12H16FNO2S/c1-8-7-11(13)5-6-12(8)17(15,16)14-9(2)10-3-4-10/h5-7,9-10,14H,3-4H2,1-2H3. The summed E-state index contributed by atoms with van der Waals surface area (Å²) >= 11 is 0. The van der Waals surface area contributed by atoms with Crippen LogP contribution >= 0.6 is 0 Å². The number of nitrogens with one attached hydrogen (secondary N) is 1. The Morgan fingerprint density at radius 1 is 1.41 bits per heavy atom. The molecule has 0 saturated heterocycles. The second-order valence-corrected chi connectivity index (χ2v) is 6.34. The molecule has 0 aliphatic heterocycles. The summed E-state index contributed by atoms with van der Waals surface area (Å²) in [5.74, 6) is 0.0298. The van der Waals surface area contributed by atoms with Gasteiger partial charge in [0.25, 0.3) is 0 Å². The minimum Gasteiger partial charge on any atom is -0.208 e. The van der Waals surface area contributed by atoms with Crippen LogP contribution in [0.3, 0.4) is 0 Å². The van der Waals surface area contributed by atoms with E-state index in [0.717, 1.165) is 12.8 Å². The minimum atomic E-state index is -3.53. The topological polar surface area (TPSA) is 46.2 Å². The van der Waals surface area contributed by atoms with Crippen molar-refractivity contribution in [2.45, 2.75) is 37.6 Å². The van der Waals surface area contributed by atoms with E-state index in [9.17, 15) is 12.8 Å². The highest BCUT2D eigenvalue weighted by atomic mass is 32.2. The lowest BCUT2D eigenvalue weighted by Crippen LogP contribution is -2.34. The molecule has 1 atom stereocenters. The first-order valence-electron chi connectivity index (χ1n) is 5.68. The van der Waals surface area contributed by atoms with Crippen LogP contribution in [0.1, 0.15) is 25.3 Å². The van der Waals surface area contributed by atoms with E-state index in [1.807, 2.05) is 6.92 Å². The highest BCUT2D eigenvalue weighted by molar-refractivity contribution is 7.89. The van der Waals surface area contributed by atoms with Gasteiger partial charge in [0.05, 0.1) is 4.90 Å². The fourth-order valence-corrected chi connectivity index (χ4v) is 3.45. The van der Waals surface area contributed by atoms with Gasteiger partial charge >= 0.3 is 0 Å². The summed E-state index contributed by atoms with van der Waals surface area (Å²) in [7, 11) is -3.53. The summed E-state index contributed by atoms with van der Waals surface area (Å²) in [5.41, 5.74) is 0.431. The number of rotatable bonds is 4. The van der Waals surface area contributed by atoms with Crippen molar-refractivity contribution in [3.63, 3.8) is 0 Å². The average Bonchev–Trinajstić information content (AvgIpc) is 2.98. The predicted molar refractivity (Wildman–Crippen MR) is 63.6 cm³/mol. The Morgan fingerprint density at radius 2 is 2.06 bits per heavy atom. The van der Waals surface area contributed by atoms with E-state index >= 15 is 0 Å². The van der Waals surface area contributed by atoms with E-state index in [1.54, 1.807) is 6.92 Å². The Balaban J connectivity index is 2.24. The molecule has 5 heteroatoms. The van der Waals surface area contributed by atoms with Gasteiger partial charge < -0.3 is 0 Å². The first-order valence-corrected chi connectivity index (χ1v) is 7.17. The molecule has 1 aliphatic carbocycles. The highest BCUT2D eigenvalue weighted by Gasteiger charge is 2.31. The van der Waals surface area contributed by atoms with Crippen LogP contribution in [-0.2, 0) is 10.0 Å². The third kappa shape index (κ3) is 2.84. The molecule has 2 rings (SSSR count). The zero-order valence-corrected chi connectivity index (χ0v) is 10.7. The largest absolute Gasteiger partial charge is 0.241 e. The lowest BCUT2D eigenvalue weighted by atomic mass is 10.2. The molecule has 0 radical (unpaired) electrons. The van der Waals surface area contributed by atoms with E-state index in [2.05, 4.69) is 4.72 Å². The van der Waals surface area contributed by atoms with Gasteiger partial charge in [-0.1, -0.05) is 0 Å². The first-order chi connectivity index (χ1) is 7.90. The number of hydrogen-bond acceptors (Lipinski definition) is 2. The van der Waals surface area contributed by atoms with E-state index in [4.69, 9.17) is 0 Å². The van der Waals surface area contributed by atoms with Crippen LogP contribution in [0.2, 0.25) is 0 Å². The lowest BCUT2D eigenvalue weighted by molar-refractivity contribution is 0.537. The van der Waals surface area contributed by atoms with Crippen LogP contribution in [0.15, 0.2) is 23.1 Å². The van der Waals surface area contributed by atoms with Gasteiger partial charge in [-0.05, 0) is 56.4 Å². The van der Waals surface area contributed by atoms with Crippen molar-refractivity contribution in [1.29, 1.82) is 0 Å². The molecule has 94 valence electrons. The number of halogens is 1. The number of aryl methyl sites for hydroxylation is 1. The fraction of sp³-hybridized carbons (Fsp3) is 0.500. The summed E-state index contributed by atoms with van der Waals surface area (Å²) in [4.78, 5) is 0.159. The van der Waals surface area contributed by atoms with Gasteiger partial charge in [-0.25, -0.2) is 17.5 Å². The molecule has 1 aromatic rings. The average molecular weight is 257 g/mol. The van der Waals surface area contributed by atoms with Gasteiger partial charge in [0, 0.05) is 6.04 Å². The summed E-state index contributed by atoms with van der Waals surface area (Å²) in [5, 5.41) is 0. The molecular weight excluding hydrogens is 241 g/mol. The van der Waals surface area contributed by atoms with E-state index in [1.165, 1.54) is 18.2 Å². The maximum absolute atomic E-state index is 12.9. The van der Waals surface area contributed by atoms with Crippen LogP contribution in [0.25, 0.3) is 0 Å². The Morgan fingerprint density at radius 3 is 2.59 bits per heavy atom. The van der Waals surface area contributed by atoms with Crippen molar-refractivity contribution in [2.24, 2.45) is 5.92 Å². The van der Waals surface area contributed by atoms with Crippen molar-refractivity contribution in [1.82, 2.24) is 4.72 Å². The van der Waals surface area contributed by atoms with Gasteiger partial charge in [-0.2, -0.15) is 0 Å². The molecule has 0 bridgehead atoms. The molecule has 1 saturated carbocycles. The first kappa shape index (κ1) is 12.5. The third-order valence-corrected chi connectivity index (χ3v) is 4.82. The number of benzene rings is 1. The minimum absolute atomic E-state index is 0.0514. The highest BCUT2D eigenvalue weighted by Crippen LogP contribution is 2.33. The molecule has 3 nitrogen and oxygen atoms in total. The molecule has 1 N–H and O–H groups in total. The van der Waals surface area contributed by atoms with Crippen molar-refractivity contribution in [3.8, 4) is 0 Å². The quantitative estimate of drug-likeness (QED) is 0.899. The van der Waals surface area contributed by atoms with Crippen molar-refractivity contribution in [2.75, 3.05) is 0 Å². The van der Waals surface area contributed by atoms with Gasteiger partial charge in [0.2, 0.25) is 10.0 Å². The molecule has 1 fully saturated rings.